The van der Waals surface area contributed by atoms with E-state index in [0.717, 1.165) is 63.7 Å². The van der Waals surface area contributed by atoms with Crippen molar-refractivity contribution in [3.8, 4) is 0 Å². The van der Waals surface area contributed by atoms with E-state index in [4.69, 9.17) is 5.10 Å². The van der Waals surface area contributed by atoms with Crippen molar-refractivity contribution in [1.29, 1.82) is 0 Å². The second-order valence-electron chi connectivity index (χ2n) is 7.80. The summed E-state index contributed by atoms with van der Waals surface area (Å²) in [7, 11) is 2.07. The van der Waals surface area contributed by atoms with Gasteiger partial charge in [-0.05, 0) is 45.6 Å². The van der Waals surface area contributed by atoms with Gasteiger partial charge in [-0.15, -0.1) is 0 Å². The number of carbonyl (C=O) groups is 1. The maximum Gasteiger partial charge on any atom is 0.274 e. The van der Waals surface area contributed by atoms with Crippen LogP contribution in [-0.4, -0.2) is 69.9 Å². The molecule has 1 aromatic rings. The van der Waals surface area contributed by atoms with E-state index >= 15 is 0 Å². The monoisotopic (exact) mass is 362 g/mol. The molecule has 146 valence electrons. The molecule has 6 nitrogen and oxygen atoms in total. The lowest BCUT2D eigenvalue weighted by Gasteiger charge is -2.31. The number of nitrogens with zero attached hydrogens (tertiary/aromatic N) is 4. The Balaban J connectivity index is 1.86. The molecule has 1 saturated heterocycles. The van der Waals surface area contributed by atoms with Crippen LogP contribution >= 0.6 is 0 Å². The highest BCUT2D eigenvalue weighted by atomic mass is 16.3. The Morgan fingerprint density at radius 3 is 2.65 bits per heavy atom. The van der Waals surface area contributed by atoms with Gasteiger partial charge in [0.05, 0.1) is 6.61 Å². The summed E-state index contributed by atoms with van der Waals surface area (Å²) >= 11 is 0. The van der Waals surface area contributed by atoms with Crippen LogP contribution in [0.2, 0.25) is 0 Å². The summed E-state index contributed by atoms with van der Waals surface area (Å²) in [6.45, 7) is 5.62. The highest BCUT2D eigenvalue weighted by Crippen LogP contribution is 2.28. The van der Waals surface area contributed by atoms with Gasteiger partial charge in [0, 0.05) is 43.5 Å². The molecule has 2 aliphatic rings. The lowest BCUT2D eigenvalue weighted by Crippen LogP contribution is -2.39. The van der Waals surface area contributed by atoms with E-state index < -0.39 is 0 Å². The number of hydrogen-bond donors (Lipinski definition) is 1. The largest absolute Gasteiger partial charge is 0.395 e. The Labute approximate surface area is 157 Å². The fraction of sp³-hybridized carbons (Fsp3) is 0.800. The minimum Gasteiger partial charge on any atom is -0.395 e. The molecule has 26 heavy (non-hydrogen) atoms. The van der Waals surface area contributed by atoms with E-state index in [0.29, 0.717) is 18.3 Å². The Morgan fingerprint density at radius 1 is 1.27 bits per heavy atom. The number of fused-ring (bicyclic) bond motifs is 1. The molecule has 0 aromatic carbocycles. The molecule has 0 radical (unpaired) electrons. The fourth-order valence-corrected chi connectivity index (χ4v) is 4.38. The van der Waals surface area contributed by atoms with Gasteiger partial charge in [-0.2, -0.15) is 5.10 Å². The second kappa shape index (κ2) is 9.00. The van der Waals surface area contributed by atoms with Crippen LogP contribution in [0, 0.1) is 0 Å². The molecule has 1 unspecified atom stereocenters. The maximum absolute atomic E-state index is 13.2. The van der Waals surface area contributed by atoms with E-state index in [9.17, 15) is 9.90 Å². The van der Waals surface area contributed by atoms with Crippen LogP contribution in [0.15, 0.2) is 0 Å². The van der Waals surface area contributed by atoms with Gasteiger partial charge < -0.3 is 14.9 Å². The Kier molecular flexibility index (Phi) is 6.70. The first-order valence-electron chi connectivity index (χ1n) is 10.3. The normalized spacial score (nSPS) is 20.9. The molecule has 1 amide bonds. The number of likely N-dealkylation sites (N-methyl/N-ethyl adjacent to an activating group) is 1. The first-order chi connectivity index (χ1) is 12.7. The number of carbonyl (C=O) groups excluding carboxylic acids is 1. The molecule has 1 N–H and O–H groups in total. The van der Waals surface area contributed by atoms with E-state index in [1.165, 1.54) is 18.5 Å². The number of amides is 1. The van der Waals surface area contributed by atoms with E-state index in [1.54, 1.807) is 0 Å². The van der Waals surface area contributed by atoms with Crippen molar-refractivity contribution >= 4 is 5.91 Å². The molecular weight excluding hydrogens is 328 g/mol. The molecule has 6 heteroatoms. The van der Waals surface area contributed by atoms with Crippen molar-refractivity contribution in [1.82, 2.24) is 19.6 Å². The minimum absolute atomic E-state index is 0.128. The smallest absolute Gasteiger partial charge is 0.274 e. The molecule has 0 bridgehead atoms. The van der Waals surface area contributed by atoms with Gasteiger partial charge in [0.25, 0.3) is 5.91 Å². The number of hydrogen-bond acceptors (Lipinski definition) is 4. The fourth-order valence-electron chi connectivity index (χ4n) is 4.38. The Bertz CT molecular complexity index is 605. The SMILES string of the molecule is CCCn1nc(C(=O)N2CCCCCC2)c2c1CCC(N(C)CCO)C2. The van der Waals surface area contributed by atoms with Crippen molar-refractivity contribution in [3.05, 3.63) is 17.0 Å². The second-order valence-corrected chi connectivity index (χ2v) is 7.80. The van der Waals surface area contributed by atoms with Gasteiger partial charge in [-0.3, -0.25) is 9.48 Å². The quantitative estimate of drug-likeness (QED) is 0.842. The molecule has 1 aliphatic carbocycles. The lowest BCUT2D eigenvalue weighted by atomic mass is 9.90. The van der Waals surface area contributed by atoms with E-state index in [2.05, 4.69) is 23.6 Å². The van der Waals surface area contributed by atoms with Crippen LogP contribution < -0.4 is 0 Å². The van der Waals surface area contributed by atoms with Crippen LogP contribution in [0.5, 0.6) is 0 Å². The van der Waals surface area contributed by atoms with Gasteiger partial charge in [0.1, 0.15) is 0 Å². The highest BCUT2D eigenvalue weighted by Gasteiger charge is 2.32. The number of aromatic nitrogens is 2. The third-order valence-electron chi connectivity index (χ3n) is 5.93. The van der Waals surface area contributed by atoms with E-state index in [1.807, 2.05) is 4.90 Å². The standard InChI is InChI=1S/C20H34N4O2/c1-3-10-24-18-9-8-16(22(2)13-14-25)15-17(18)19(21-24)20(26)23-11-6-4-5-7-12-23/h16,25H,3-15H2,1-2H3. The molecule has 1 fully saturated rings. The van der Waals surface area contributed by atoms with Gasteiger partial charge in [-0.25, -0.2) is 0 Å². The van der Waals surface area contributed by atoms with Crippen LogP contribution in [0.4, 0.5) is 0 Å². The zero-order chi connectivity index (χ0) is 18.5. The minimum atomic E-state index is 0.128. The Hall–Kier alpha value is -1.40. The van der Waals surface area contributed by atoms with E-state index in [-0.39, 0.29) is 12.5 Å². The molecule has 2 heterocycles. The molecule has 0 spiro atoms. The van der Waals surface area contributed by atoms with Crippen LogP contribution in [0.25, 0.3) is 0 Å². The maximum atomic E-state index is 13.2. The molecule has 1 aromatic heterocycles. The molecule has 0 saturated carbocycles. The Morgan fingerprint density at radius 2 is 2.00 bits per heavy atom. The number of aryl methyl sites for hydroxylation is 1. The highest BCUT2D eigenvalue weighted by molar-refractivity contribution is 5.94. The topological polar surface area (TPSA) is 61.6 Å². The molecule has 1 atom stereocenters. The average molecular weight is 363 g/mol. The lowest BCUT2D eigenvalue weighted by molar-refractivity contribution is 0.0752. The summed E-state index contributed by atoms with van der Waals surface area (Å²) < 4.78 is 2.09. The van der Waals surface area contributed by atoms with Crippen LogP contribution in [0.1, 0.15) is 67.2 Å². The average Bonchev–Trinajstić information content (AvgIpc) is 2.82. The first kappa shape index (κ1) is 19.4. The summed E-state index contributed by atoms with van der Waals surface area (Å²) in [6, 6.07) is 0.379. The van der Waals surface area contributed by atoms with Crippen molar-refractivity contribution < 1.29 is 9.90 Å². The van der Waals surface area contributed by atoms with Gasteiger partial charge in [0.15, 0.2) is 5.69 Å². The molecular formula is C20H34N4O2. The number of aliphatic hydroxyl groups excluding tert-OH is 1. The van der Waals surface area contributed by atoms with Gasteiger partial charge in [0.2, 0.25) is 0 Å². The van der Waals surface area contributed by atoms with Crippen molar-refractivity contribution in [2.45, 2.75) is 70.9 Å². The van der Waals surface area contributed by atoms with Gasteiger partial charge in [-0.1, -0.05) is 19.8 Å². The summed E-state index contributed by atoms with van der Waals surface area (Å²) in [5.74, 6) is 0.128. The van der Waals surface area contributed by atoms with Crippen molar-refractivity contribution in [2.75, 3.05) is 33.3 Å². The summed E-state index contributed by atoms with van der Waals surface area (Å²) in [5.41, 5.74) is 3.12. The predicted octanol–water partition coefficient (Wildman–Crippen LogP) is 2.09. The zero-order valence-corrected chi connectivity index (χ0v) is 16.4. The van der Waals surface area contributed by atoms with Gasteiger partial charge >= 0.3 is 0 Å². The summed E-state index contributed by atoms with van der Waals surface area (Å²) in [6.07, 6.45) is 8.58. The third kappa shape index (κ3) is 4.12. The predicted molar refractivity (Wildman–Crippen MR) is 102 cm³/mol. The van der Waals surface area contributed by atoms with Crippen molar-refractivity contribution in [2.24, 2.45) is 0 Å². The number of aliphatic hydroxyl groups is 1. The van der Waals surface area contributed by atoms with Crippen LogP contribution in [-0.2, 0) is 19.4 Å². The zero-order valence-electron chi connectivity index (χ0n) is 16.4. The first-order valence-corrected chi connectivity index (χ1v) is 10.3. The number of rotatable bonds is 6. The third-order valence-corrected chi connectivity index (χ3v) is 5.93. The molecule has 3 rings (SSSR count). The van der Waals surface area contributed by atoms with Crippen LogP contribution in [0.3, 0.4) is 0 Å². The van der Waals surface area contributed by atoms with Crippen molar-refractivity contribution in [3.63, 3.8) is 0 Å². The summed E-state index contributed by atoms with van der Waals surface area (Å²) in [5, 5.41) is 14.0. The number of likely N-dealkylation sites (tertiary alicyclic amines) is 1. The summed E-state index contributed by atoms with van der Waals surface area (Å²) in [4.78, 5) is 17.5. The molecule has 1 aliphatic heterocycles.